The molecule has 9 heteroatoms. The summed E-state index contributed by atoms with van der Waals surface area (Å²) in [7, 11) is 3.91. The molecule has 2 aromatic rings. The zero-order valence-corrected chi connectivity index (χ0v) is 16.8. The molecule has 0 unspecified atom stereocenters. The van der Waals surface area contributed by atoms with Gasteiger partial charge in [0.05, 0.1) is 27.8 Å². The van der Waals surface area contributed by atoms with Crippen LogP contribution in [0.25, 0.3) is 0 Å². The molecule has 1 heterocycles. The van der Waals surface area contributed by atoms with Crippen LogP contribution in [-0.4, -0.2) is 39.2 Å². The number of nitrogen functional groups attached to an aromatic ring is 1. The summed E-state index contributed by atoms with van der Waals surface area (Å²) in [5.74, 6) is -1.40. The number of nitrogens with two attached hydrogens (primary N) is 1. The Kier molecular flexibility index (Phi) is 7.00. The van der Waals surface area contributed by atoms with Crippen molar-refractivity contribution in [2.24, 2.45) is 0 Å². The number of esters is 3. The fraction of sp³-hybridized carbons (Fsp3) is 0.316. The predicted octanol–water partition coefficient (Wildman–Crippen LogP) is 2.51. The maximum Gasteiger partial charge on any atom is 0.348 e. The third kappa shape index (κ3) is 4.61. The van der Waals surface area contributed by atoms with Gasteiger partial charge in [-0.2, -0.15) is 0 Å². The minimum atomic E-state index is -0.727. The van der Waals surface area contributed by atoms with Gasteiger partial charge in [-0.05, 0) is 13.0 Å². The van der Waals surface area contributed by atoms with E-state index in [0.717, 1.165) is 16.9 Å². The van der Waals surface area contributed by atoms with Gasteiger partial charge in [-0.25, -0.2) is 9.59 Å². The van der Waals surface area contributed by atoms with Crippen LogP contribution in [0.5, 0.6) is 5.75 Å². The number of hydrogen-bond donors (Lipinski definition) is 1. The normalized spacial score (nSPS) is 10.3. The quantitative estimate of drug-likeness (QED) is 0.550. The Morgan fingerprint density at radius 3 is 2.36 bits per heavy atom. The van der Waals surface area contributed by atoms with Gasteiger partial charge in [0.15, 0.2) is 0 Å². The second kappa shape index (κ2) is 9.23. The second-order valence-electron chi connectivity index (χ2n) is 5.78. The highest BCUT2D eigenvalue weighted by Crippen LogP contribution is 2.33. The zero-order chi connectivity index (χ0) is 20.8. The lowest BCUT2D eigenvalue weighted by molar-refractivity contribution is -0.144. The fourth-order valence-corrected chi connectivity index (χ4v) is 3.59. The van der Waals surface area contributed by atoms with Crippen molar-refractivity contribution in [2.75, 3.05) is 27.1 Å². The molecule has 1 aromatic heterocycles. The van der Waals surface area contributed by atoms with Crippen molar-refractivity contribution in [3.8, 4) is 5.75 Å². The van der Waals surface area contributed by atoms with Gasteiger partial charge in [-0.1, -0.05) is 17.7 Å². The fourth-order valence-electron chi connectivity index (χ4n) is 2.61. The Bertz CT molecular complexity index is 904. The van der Waals surface area contributed by atoms with Gasteiger partial charge < -0.3 is 24.7 Å². The maximum absolute atomic E-state index is 12.3. The van der Waals surface area contributed by atoms with Crippen molar-refractivity contribution in [2.45, 2.75) is 20.0 Å². The smallest absolute Gasteiger partial charge is 0.348 e. The molecule has 2 rings (SSSR count). The number of rotatable bonds is 7. The summed E-state index contributed by atoms with van der Waals surface area (Å²) in [4.78, 5) is 36.4. The van der Waals surface area contributed by atoms with Gasteiger partial charge in [0.2, 0.25) is 0 Å². The molecule has 1 aromatic carbocycles. The van der Waals surface area contributed by atoms with Gasteiger partial charge in [-0.3, -0.25) is 4.79 Å². The monoisotopic (exact) mass is 407 g/mol. The Balaban J connectivity index is 2.24. The number of carbonyl (C=O) groups excluding carboxylic acids is 3. The van der Waals surface area contributed by atoms with Crippen LogP contribution in [0.1, 0.15) is 36.7 Å². The van der Waals surface area contributed by atoms with E-state index in [1.807, 2.05) is 19.1 Å². The van der Waals surface area contributed by atoms with Crippen LogP contribution in [0.4, 0.5) is 5.00 Å². The van der Waals surface area contributed by atoms with Crippen molar-refractivity contribution in [1.82, 2.24) is 0 Å². The molecule has 0 fully saturated rings. The third-order valence-corrected chi connectivity index (χ3v) is 4.98. The van der Waals surface area contributed by atoms with E-state index in [1.165, 1.54) is 21.3 Å². The van der Waals surface area contributed by atoms with Crippen molar-refractivity contribution in [1.29, 1.82) is 0 Å². The van der Waals surface area contributed by atoms with Crippen LogP contribution < -0.4 is 10.5 Å². The number of hydrogen-bond acceptors (Lipinski definition) is 9. The Labute approximate surface area is 166 Å². The van der Waals surface area contributed by atoms with Gasteiger partial charge in [-0.15, -0.1) is 11.3 Å². The van der Waals surface area contributed by atoms with Crippen molar-refractivity contribution in [3.05, 3.63) is 45.3 Å². The van der Waals surface area contributed by atoms with E-state index in [2.05, 4.69) is 0 Å². The molecule has 150 valence electrons. The Morgan fingerprint density at radius 1 is 1.07 bits per heavy atom. The summed E-state index contributed by atoms with van der Waals surface area (Å²) in [6, 6.07) is 5.46. The SMILES string of the molecule is COC(=O)c1sc(N)c(C(=O)OC)c1COC(=O)Cc1cc(C)ccc1OC. The van der Waals surface area contributed by atoms with Crippen LogP contribution >= 0.6 is 11.3 Å². The summed E-state index contributed by atoms with van der Waals surface area (Å²) in [6.07, 6.45) is -0.0361. The first-order chi connectivity index (χ1) is 13.3. The van der Waals surface area contributed by atoms with Crippen LogP contribution in [0.15, 0.2) is 18.2 Å². The first-order valence-corrected chi connectivity index (χ1v) is 9.00. The molecule has 0 atom stereocenters. The molecule has 0 aliphatic heterocycles. The lowest BCUT2D eigenvalue weighted by Gasteiger charge is -2.11. The molecule has 0 aliphatic rings. The van der Waals surface area contributed by atoms with Crippen LogP contribution in [-0.2, 0) is 32.0 Å². The molecule has 0 amide bonds. The lowest BCUT2D eigenvalue weighted by Crippen LogP contribution is -2.14. The molecule has 0 aliphatic carbocycles. The second-order valence-corrected chi connectivity index (χ2v) is 6.84. The van der Waals surface area contributed by atoms with Gasteiger partial charge in [0.25, 0.3) is 0 Å². The van der Waals surface area contributed by atoms with Crippen LogP contribution in [0.2, 0.25) is 0 Å². The van der Waals surface area contributed by atoms with Crippen molar-refractivity contribution >= 4 is 34.2 Å². The highest BCUT2D eigenvalue weighted by molar-refractivity contribution is 7.18. The van der Waals surface area contributed by atoms with Gasteiger partial charge >= 0.3 is 17.9 Å². The average molecular weight is 407 g/mol. The molecular formula is C19H21NO7S. The van der Waals surface area contributed by atoms with E-state index in [9.17, 15) is 14.4 Å². The summed E-state index contributed by atoms with van der Waals surface area (Å²) in [5.41, 5.74) is 7.63. The summed E-state index contributed by atoms with van der Waals surface area (Å²) >= 11 is 0.872. The number of methoxy groups -OCH3 is 3. The average Bonchev–Trinajstić information content (AvgIpc) is 3.01. The third-order valence-electron chi connectivity index (χ3n) is 3.94. The van der Waals surface area contributed by atoms with Gasteiger partial charge in [0.1, 0.15) is 27.8 Å². The molecule has 0 bridgehead atoms. The number of anilines is 1. The summed E-state index contributed by atoms with van der Waals surface area (Å²) in [6.45, 7) is 1.57. The van der Waals surface area contributed by atoms with Crippen LogP contribution in [0.3, 0.4) is 0 Å². The minimum absolute atomic E-state index is 0.00571. The van der Waals surface area contributed by atoms with E-state index >= 15 is 0 Å². The van der Waals surface area contributed by atoms with E-state index in [-0.39, 0.29) is 34.0 Å². The summed E-state index contributed by atoms with van der Waals surface area (Å²) < 4.78 is 20.0. The highest BCUT2D eigenvalue weighted by Gasteiger charge is 2.28. The molecule has 0 radical (unpaired) electrons. The molecular weight excluding hydrogens is 386 g/mol. The molecule has 28 heavy (non-hydrogen) atoms. The topological polar surface area (TPSA) is 114 Å². The van der Waals surface area contributed by atoms with Gasteiger partial charge in [0, 0.05) is 11.1 Å². The van der Waals surface area contributed by atoms with E-state index in [1.54, 1.807) is 6.07 Å². The number of ether oxygens (including phenoxy) is 4. The maximum atomic E-state index is 12.3. The Morgan fingerprint density at radius 2 is 1.75 bits per heavy atom. The van der Waals surface area contributed by atoms with E-state index in [4.69, 9.17) is 24.7 Å². The van der Waals surface area contributed by atoms with E-state index < -0.39 is 17.9 Å². The lowest BCUT2D eigenvalue weighted by atomic mass is 10.1. The number of thiophene rings is 1. The predicted molar refractivity (Wildman–Crippen MR) is 103 cm³/mol. The van der Waals surface area contributed by atoms with E-state index in [0.29, 0.717) is 11.3 Å². The molecule has 0 spiro atoms. The zero-order valence-electron chi connectivity index (χ0n) is 16.0. The molecule has 8 nitrogen and oxygen atoms in total. The molecule has 2 N–H and O–H groups in total. The largest absolute Gasteiger partial charge is 0.496 e. The van der Waals surface area contributed by atoms with Crippen molar-refractivity contribution in [3.63, 3.8) is 0 Å². The number of benzene rings is 1. The first kappa shape index (κ1) is 21.2. The molecule has 0 saturated carbocycles. The minimum Gasteiger partial charge on any atom is -0.496 e. The van der Waals surface area contributed by atoms with Crippen molar-refractivity contribution < 1.29 is 33.3 Å². The molecule has 0 saturated heterocycles. The standard InChI is InChI=1S/C19H21NO7S/c1-10-5-6-13(24-2)11(7-10)8-14(21)27-9-12-15(18(22)25-3)17(20)28-16(12)19(23)26-4/h5-7H,8-9,20H2,1-4H3. The van der Waals surface area contributed by atoms with Crippen LogP contribution in [0, 0.1) is 6.92 Å². The summed E-state index contributed by atoms with van der Waals surface area (Å²) in [5, 5.41) is 0.0821. The highest BCUT2D eigenvalue weighted by atomic mass is 32.1. The number of carbonyl (C=O) groups is 3. The number of aryl methyl sites for hydroxylation is 1. The Hall–Kier alpha value is -3.07. The first-order valence-electron chi connectivity index (χ1n) is 8.19.